The van der Waals surface area contributed by atoms with Crippen LogP contribution in [0.15, 0.2) is 54.6 Å². The van der Waals surface area contributed by atoms with Gasteiger partial charge in [0.25, 0.3) is 5.91 Å². The first-order valence-electron chi connectivity index (χ1n) is 10.5. The van der Waals surface area contributed by atoms with Crippen LogP contribution in [0, 0.1) is 11.8 Å². The van der Waals surface area contributed by atoms with Crippen molar-refractivity contribution in [2.24, 2.45) is 11.8 Å². The Labute approximate surface area is 167 Å². The van der Waals surface area contributed by atoms with Crippen LogP contribution in [-0.4, -0.2) is 60.1 Å². The molecule has 2 aromatic rings. The van der Waals surface area contributed by atoms with Gasteiger partial charge in [0.2, 0.25) is 0 Å². The summed E-state index contributed by atoms with van der Waals surface area (Å²) in [6.45, 7) is 4.87. The highest BCUT2D eigenvalue weighted by Gasteiger charge is 2.36. The second kappa shape index (κ2) is 8.89. The first kappa shape index (κ1) is 19.2. The van der Waals surface area contributed by atoms with Gasteiger partial charge < -0.3 is 14.9 Å². The van der Waals surface area contributed by atoms with E-state index in [1.54, 1.807) is 0 Å². The molecule has 0 bridgehead atoms. The molecule has 0 spiro atoms. The zero-order chi connectivity index (χ0) is 19.3. The Morgan fingerprint density at radius 3 is 2.36 bits per heavy atom. The van der Waals surface area contributed by atoms with Crippen LogP contribution in [0.2, 0.25) is 0 Å². The third-order valence-corrected chi connectivity index (χ3v) is 6.26. The van der Waals surface area contributed by atoms with Crippen molar-refractivity contribution >= 4 is 5.91 Å². The Kier molecular flexibility index (Phi) is 6.08. The molecule has 0 aromatic heterocycles. The second-order valence-electron chi connectivity index (χ2n) is 8.22. The van der Waals surface area contributed by atoms with Crippen molar-refractivity contribution in [3.8, 4) is 11.1 Å². The minimum Gasteiger partial charge on any atom is -0.396 e. The summed E-state index contributed by atoms with van der Waals surface area (Å²) in [4.78, 5) is 17.6. The zero-order valence-corrected chi connectivity index (χ0v) is 16.5. The van der Waals surface area contributed by atoms with Crippen LogP contribution in [0.3, 0.4) is 0 Å². The molecule has 28 heavy (non-hydrogen) atoms. The Morgan fingerprint density at radius 1 is 0.893 bits per heavy atom. The predicted octanol–water partition coefficient (Wildman–Crippen LogP) is 3.52. The Morgan fingerprint density at radius 2 is 1.61 bits per heavy atom. The number of likely N-dealkylation sites (tertiary alicyclic amines) is 2. The molecule has 2 atom stereocenters. The second-order valence-corrected chi connectivity index (χ2v) is 8.22. The molecule has 2 aliphatic heterocycles. The number of benzene rings is 2. The predicted molar refractivity (Wildman–Crippen MR) is 112 cm³/mol. The molecule has 4 rings (SSSR count). The van der Waals surface area contributed by atoms with Gasteiger partial charge in [-0.15, -0.1) is 0 Å². The van der Waals surface area contributed by atoms with Crippen LogP contribution < -0.4 is 0 Å². The lowest BCUT2D eigenvalue weighted by molar-refractivity contribution is 0.0778. The number of rotatable bonds is 5. The van der Waals surface area contributed by atoms with E-state index >= 15 is 0 Å². The van der Waals surface area contributed by atoms with Crippen molar-refractivity contribution in [3.63, 3.8) is 0 Å². The first-order chi connectivity index (χ1) is 13.7. The van der Waals surface area contributed by atoms with Gasteiger partial charge in [0, 0.05) is 37.7 Å². The van der Waals surface area contributed by atoms with Gasteiger partial charge in [0.05, 0.1) is 0 Å². The van der Waals surface area contributed by atoms with Gasteiger partial charge in [0.1, 0.15) is 0 Å². The summed E-state index contributed by atoms with van der Waals surface area (Å²) in [7, 11) is 0. The summed E-state index contributed by atoms with van der Waals surface area (Å²) in [5.41, 5.74) is 2.92. The number of hydrogen-bond donors (Lipinski definition) is 1. The highest BCUT2D eigenvalue weighted by Crippen LogP contribution is 2.28. The van der Waals surface area contributed by atoms with Crippen LogP contribution in [0.5, 0.6) is 0 Å². The summed E-state index contributed by atoms with van der Waals surface area (Å²) in [6, 6.07) is 18.1. The smallest absolute Gasteiger partial charge is 0.253 e. The number of nitrogens with zero attached hydrogens (tertiary/aromatic N) is 2. The minimum absolute atomic E-state index is 0.0809. The molecule has 1 N–H and O–H groups in total. The molecule has 2 aliphatic rings. The lowest BCUT2D eigenvalue weighted by Gasteiger charge is -2.30. The fourth-order valence-corrected chi connectivity index (χ4v) is 4.64. The highest BCUT2D eigenvalue weighted by atomic mass is 16.3. The summed E-state index contributed by atoms with van der Waals surface area (Å²) in [5, 5.41) is 9.87. The van der Waals surface area contributed by atoms with E-state index in [-0.39, 0.29) is 18.4 Å². The van der Waals surface area contributed by atoms with Gasteiger partial charge in [-0.25, -0.2) is 0 Å². The van der Waals surface area contributed by atoms with Crippen molar-refractivity contribution in [3.05, 3.63) is 60.2 Å². The quantitative estimate of drug-likeness (QED) is 0.866. The number of carbonyl (C=O) groups excluding carboxylic acids is 1. The SMILES string of the molecule is O=C(c1cccc(-c2ccccc2)c1)N1C[C@@H](CN2CCCCC2)[C@@H](CO)C1. The molecule has 2 heterocycles. The van der Waals surface area contributed by atoms with Crippen molar-refractivity contribution in [2.45, 2.75) is 19.3 Å². The molecule has 4 nitrogen and oxygen atoms in total. The number of carbonyl (C=O) groups is 1. The Balaban J connectivity index is 1.46. The largest absolute Gasteiger partial charge is 0.396 e. The van der Waals surface area contributed by atoms with E-state index in [0.29, 0.717) is 12.5 Å². The number of hydrogen-bond acceptors (Lipinski definition) is 3. The average Bonchev–Trinajstić information content (AvgIpc) is 3.17. The summed E-state index contributed by atoms with van der Waals surface area (Å²) in [5.74, 6) is 0.630. The van der Waals surface area contributed by atoms with Gasteiger partial charge in [0.15, 0.2) is 0 Å². The summed E-state index contributed by atoms with van der Waals surface area (Å²) < 4.78 is 0. The lowest BCUT2D eigenvalue weighted by Crippen LogP contribution is -2.37. The summed E-state index contributed by atoms with van der Waals surface area (Å²) >= 11 is 0. The molecule has 0 saturated carbocycles. The van der Waals surface area contributed by atoms with E-state index in [9.17, 15) is 9.90 Å². The van der Waals surface area contributed by atoms with Crippen molar-refractivity contribution in [2.75, 3.05) is 39.3 Å². The van der Waals surface area contributed by atoms with E-state index in [0.717, 1.165) is 42.9 Å². The van der Waals surface area contributed by atoms with E-state index < -0.39 is 0 Å². The third-order valence-electron chi connectivity index (χ3n) is 6.26. The Bertz CT molecular complexity index is 786. The van der Waals surface area contributed by atoms with Gasteiger partial charge in [-0.1, -0.05) is 48.9 Å². The van der Waals surface area contributed by atoms with E-state index in [1.165, 1.54) is 19.3 Å². The number of amides is 1. The normalized spacial score (nSPS) is 23.1. The van der Waals surface area contributed by atoms with Gasteiger partial charge in [-0.3, -0.25) is 4.79 Å². The maximum Gasteiger partial charge on any atom is 0.253 e. The first-order valence-corrected chi connectivity index (χ1v) is 10.5. The van der Waals surface area contributed by atoms with Crippen LogP contribution in [0.25, 0.3) is 11.1 Å². The van der Waals surface area contributed by atoms with Gasteiger partial charge >= 0.3 is 0 Å². The lowest BCUT2D eigenvalue weighted by atomic mass is 9.95. The molecule has 0 unspecified atom stereocenters. The van der Waals surface area contributed by atoms with E-state index in [4.69, 9.17) is 0 Å². The molecule has 4 heteroatoms. The molecule has 148 valence electrons. The number of aliphatic hydroxyl groups is 1. The molecule has 0 aliphatic carbocycles. The molecular weight excluding hydrogens is 348 g/mol. The van der Waals surface area contributed by atoms with Crippen LogP contribution in [0.1, 0.15) is 29.6 Å². The molecule has 1 amide bonds. The van der Waals surface area contributed by atoms with Crippen molar-refractivity contribution < 1.29 is 9.90 Å². The van der Waals surface area contributed by atoms with Crippen molar-refractivity contribution in [1.29, 1.82) is 0 Å². The average molecular weight is 379 g/mol. The highest BCUT2D eigenvalue weighted by molar-refractivity contribution is 5.95. The number of piperidine rings is 1. The van der Waals surface area contributed by atoms with Gasteiger partial charge in [-0.05, 0) is 55.1 Å². The monoisotopic (exact) mass is 378 g/mol. The Hall–Kier alpha value is -2.17. The molecular formula is C24H30N2O2. The minimum atomic E-state index is 0.0809. The van der Waals surface area contributed by atoms with Crippen LogP contribution >= 0.6 is 0 Å². The number of aliphatic hydroxyl groups excluding tert-OH is 1. The molecule has 2 saturated heterocycles. The maximum absolute atomic E-state index is 13.2. The molecule has 2 fully saturated rings. The maximum atomic E-state index is 13.2. The van der Waals surface area contributed by atoms with E-state index in [1.807, 2.05) is 47.4 Å². The third kappa shape index (κ3) is 4.29. The topological polar surface area (TPSA) is 43.8 Å². The van der Waals surface area contributed by atoms with Gasteiger partial charge in [-0.2, -0.15) is 0 Å². The fraction of sp³-hybridized carbons (Fsp3) is 0.458. The fourth-order valence-electron chi connectivity index (χ4n) is 4.64. The zero-order valence-electron chi connectivity index (χ0n) is 16.5. The van der Waals surface area contributed by atoms with Crippen LogP contribution in [-0.2, 0) is 0 Å². The summed E-state index contributed by atoms with van der Waals surface area (Å²) in [6.07, 6.45) is 3.86. The molecule has 2 aromatic carbocycles. The van der Waals surface area contributed by atoms with Crippen molar-refractivity contribution in [1.82, 2.24) is 9.80 Å². The van der Waals surface area contributed by atoms with Crippen LogP contribution in [0.4, 0.5) is 0 Å². The van der Waals surface area contributed by atoms with E-state index in [2.05, 4.69) is 17.0 Å². The molecule has 0 radical (unpaired) electrons. The standard InChI is InChI=1S/C24H30N2O2/c27-18-23-17-26(16-22(23)15-25-12-5-2-6-13-25)24(28)21-11-7-10-20(14-21)19-8-3-1-4-9-19/h1,3-4,7-11,14,22-23,27H,2,5-6,12-13,15-18H2/t22-,23-/m1/s1.